The molecule has 2 aromatic heterocycles. The maximum atomic E-state index is 2.45. The van der Waals surface area contributed by atoms with Gasteiger partial charge in [0.1, 0.15) is 0 Å². The first kappa shape index (κ1) is 36.5. The number of rotatable bonds is 6. The molecule has 13 rings (SSSR count). The summed E-state index contributed by atoms with van der Waals surface area (Å²) < 4.78 is 4.85. The number of benzene rings is 10. The second-order valence-electron chi connectivity index (χ2n) is 17.7. The Labute approximate surface area is 372 Å². The van der Waals surface area contributed by atoms with E-state index in [1.807, 2.05) is 0 Å². The van der Waals surface area contributed by atoms with Gasteiger partial charge in [0.2, 0.25) is 0 Å². The fourth-order valence-electron chi connectivity index (χ4n) is 10.9. The van der Waals surface area contributed by atoms with Crippen LogP contribution in [0, 0.1) is 0 Å². The Balaban J connectivity index is 0.981. The minimum absolute atomic E-state index is 0.115. The van der Waals surface area contributed by atoms with E-state index in [2.05, 4.69) is 252 Å². The van der Waals surface area contributed by atoms with Crippen molar-refractivity contribution >= 4 is 71.4 Å². The summed E-state index contributed by atoms with van der Waals surface area (Å²) in [7, 11) is 0. The van der Waals surface area contributed by atoms with Crippen molar-refractivity contribution in [2.24, 2.45) is 0 Å². The minimum Gasteiger partial charge on any atom is -0.310 e. The molecule has 0 saturated carbocycles. The van der Waals surface area contributed by atoms with Crippen LogP contribution in [-0.4, -0.2) is 9.13 Å². The van der Waals surface area contributed by atoms with E-state index in [1.165, 1.54) is 87.8 Å². The van der Waals surface area contributed by atoms with E-state index < -0.39 is 0 Å². The van der Waals surface area contributed by atoms with Crippen molar-refractivity contribution in [3.8, 4) is 33.6 Å². The average molecular weight is 818 g/mol. The van der Waals surface area contributed by atoms with Gasteiger partial charge in [-0.3, -0.25) is 0 Å². The second kappa shape index (κ2) is 13.9. The number of fused-ring (bicyclic) bond motifs is 10. The van der Waals surface area contributed by atoms with Crippen LogP contribution in [0.2, 0.25) is 0 Å². The van der Waals surface area contributed by atoms with Gasteiger partial charge in [-0.05, 0) is 118 Å². The lowest BCUT2D eigenvalue weighted by molar-refractivity contribution is 0.660. The highest BCUT2D eigenvalue weighted by molar-refractivity contribution is 6.17. The molecule has 64 heavy (non-hydrogen) atoms. The molecule has 1 aliphatic rings. The number of aromatic nitrogens is 2. The second-order valence-corrected chi connectivity index (χ2v) is 17.7. The third kappa shape index (κ3) is 5.34. The van der Waals surface area contributed by atoms with E-state index >= 15 is 0 Å². The lowest BCUT2D eigenvalue weighted by Gasteiger charge is -2.29. The topological polar surface area (TPSA) is 13.1 Å². The molecule has 3 nitrogen and oxygen atoms in total. The van der Waals surface area contributed by atoms with E-state index in [1.54, 1.807) is 0 Å². The highest BCUT2D eigenvalue weighted by atomic mass is 15.1. The highest BCUT2D eigenvalue weighted by Gasteiger charge is 2.36. The molecule has 1 aliphatic carbocycles. The summed E-state index contributed by atoms with van der Waals surface area (Å²) in [5.41, 5.74) is 18.2. The van der Waals surface area contributed by atoms with Crippen LogP contribution < -0.4 is 4.90 Å². The molecule has 0 amide bonds. The molecule has 0 aliphatic heterocycles. The molecule has 0 spiro atoms. The number of anilines is 3. The zero-order valence-corrected chi connectivity index (χ0v) is 35.7. The van der Waals surface area contributed by atoms with Gasteiger partial charge in [-0.25, -0.2) is 0 Å². The van der Waals surface area contributed by atoms with Crippen molar-refractivity contribution in [2.75, 3.05) is 4.90 Å². The van der Waals surface area contributed by atoms with E-state index in [9.17, 15) is 0 Å². The Morgan fingerprint density at radius 1 is 0.359 bits per heavy atom. The molecule has 0 fully saturated rings. The first-order valence-electron chi connectivity index (χ1n) is 22.3. The quantitative estimate of drug-likeness (QED) is 0.163. The zero-order valence-electron chi connectivity index (χ0n) is 35.7. The molecule has 0 bridgehead atoms. The number of nitrogens with zero attached hydrogens (tertiary/aromatic N) is 3. The maximum Gasteiger partial charge on any atom is 0.0547 e. The van der Waals surface area contributed by atoms with Crippen LogP contribution in [0.1, 0.15) is 25.0 Å². The Bertz CT molecular complexity index is 3810. The summed E-state index contributed by atoms with van der Waals surface area (Å²) in [4.78, 5) is 2.45. The van der Waals surface area contributed by atoms with Crippen LogP contribution in [0.5, 0.6) is 0 Å². The van der Waals surface area contributed by atoms with Crippen molar-refractivity contribution in [2.45, 2.75) is 19.3 Å². The van der Waals surface area contributed by atoms with Crippen molar-refractivity contribution in [3.63, 3.8) is 0 Å². The Morgan fingerprint density at radius 2 is 0.938 bits per heavy atom. The van der Waals surface area contributed by atoms with Gasteiger partial charge in [0.15, 0.2) is 0 Å². The van der Waals surface area contributed by atoms with Crippen LogP contribution in [0.15, 0.2) is 224 Å². The molecule has 0 atom stereocenters. The molecule has 0 radical (unpaired) electrons. The minimum atomic E-state index is -0.115. The Kier molecular flexibility index (Phi) is 7.95. The number of hydrogen-bond acceptors (Lipinski definition) is 1. The summed E-state index contributed by atoms with van der Waals surface area (Å²) in [6.45, 7) is 4.72. The van der Waals surface area contributed by atoms with E-state index in [0.717, 1.165) is 28.4 Å². The summed E-state index contributed by atoms with van der Waals surface area (Å²) in [5, 5.41) is 7.43. The van der Waals surface area contributed by atoms with Gasteiger partial charge in [0.25, 0.3) is 0 Å². The van der Waals surface area contributed by atoms with Gasteiger partial charge in [-0.2, -0.15) is 0 Å². The first-order valence-corrected chi connectivity index (χ1v) is 22.3. The predicted molar refractivity (Wildman–Crippen MR) is 270 cm³/mol. The fraction of sp³-hybridized carbons (Fsp3) is 0.0492. The molecular weight excluding hydrogens is 775 g/mol. The standard InChI is InChI=1S/C61H43N3/c1-61(2)53-25-11-8-21-48(53)49-37-35-45(39-54(49)61)62(55-28-14-17-40-16-6-7-20-46(40)55)43-31-33-44(34-32-43)64-56-26-12-9-22-50(56)51-36-30-41(38-59(51)64)47-24-15-29-58-60(47)52-23-10-13-27-57(52)63(58)42-18-4-3-5-19-42/h3-39H,1-2H3. The predicted octanol–water partition coefficient (Wildman–Crippen LogP) is 16.5. The lowest BCUT2D eigenvalue weighted by Crippen LogP contribution is -2.16. The average Bonchev–Trinajstić information content (AvgIpc) is 3.95. The largest absolute Gasteiger partial charge is 0.310 e. The summed E-state index contributed by atoms with van der Waals surface area (Å²) in [5.74, 6) is 0. The Morgan fingerprint density at radius 3 is 1.78 bits per heavy atom. The molecule has 0 saturated heterocycles. The van der Waals surface area contributed by atoms with Gasteiger partial charge in [-0.15, -0.1) is 0 Å². The molecule has 0 unspecified atom stereocenters. The number of hydrogen-bond donors (Lipinski definition) is 0. The van der Waals surface area contributed by atoms with Crippen LogP contribution >= 0.6 is 0 Å². The molecule has 3 heteroatoms. The Hall–Kier alpha value is -8.14. The maximum absolute atomic E-state index is 2.45. The van der Waals surface area contributed by atoms with Crippen molar-refractivity contribution in [1.82, 2.24) is 9.13 Å². The lowest BCUT2D eigenvalue weighted by atomic mass is 9.82. The molecule has 12 aromatic rings. The van der Waals surface area contributed by atoms with E-state index in [4.69, 9.17) is 0 Å². The molecule has 2 heterocycles. The third-order valence-corrected chi connectivity index (χ3v) is 13.9. The van der Waals surface area contributed by atoms with Gasteiger partial charge in [0, 0.05) is 55.1 Å². The molecule has 0 N–H and O–H groups in total. The SMILES string of the molecule is CC1(C)c2ccccc2-c2ccc(N(c3ccc(-n4c5ccccc5c5ccc(-c6cccc7c6c6ccccc6n7-c6ccccc6)cc54)cc3)c3cccc4ccccc34)cc21. The van der Waals surface area contributed by atoms with Gasteiger partial charge < -0.3 is 14.0 Å². The third-order valence-electron chi connectivity index (χ3n) is 13.9. The first-order chi connectivity index (χ1) is 31.5. The van der Waals surface area contributed by atoms with Gasteiger partial charge in [-0.1, -0.05) is 159 Å². The highest BCUT2D eigenvalue weighted by Crippen LogP contribution is 2.51. The van der Waals surface area contributed by atoms with Crippen LogP contribution in [0.3, 0.4) is 0 Å². The molecule has 10 aromatic carbocycles. The smallest absolute Gasteiger partial charge is 0.0547 e. The van der Waals surface area contributed by atoms with Crippen LogP contribution in [0.25, 0.3) is 88.0 Å². The summed E-state index contributed by atoms with van der Waals surface area (Å²) in [6, 6.07) is 82.6. The van der Waals surface area contributed by atoms with Crippen LogP contribution in [0.4, 0.5) is 17.1 Å². The molecule has 302 valence electrons. The van der Waals surface area contributed by atoms with Crippen molar-refractivity contribution in [1.29, 1.82) is 0 Å². The monoisotopic (exact) mass is 817 g/mol. The van der Waals surface area contributed by atoms with E-state index in [0.29, 0.717) is 0 Å². The zero-order chi connectivity index (χ0) is 42.5. The van der Waals surface area contributed by atoms with Crippen molar-refractivity contribution < 1.29 is 0 Å². The normalized spacial score (nSPS) is 13.0. The summed E-state index contributed by atoms with van der Waals surface area (Å²) >= 11 is 0. The van der Waals surface area contributed by atoms with Gasteiger partial charge in [0.05, 0.1) is 27.8 Å². The fourth-order valence-corrected chi connectivity index (χ4v) is 10.9. The molecular formula is C61H43N3. The van der Waals surface area contributed by atoms with Crippen molar-refractivity contribution in [3.05, 3.63) is 236 Å². The number of para-hydroxylation sites is 3. The van der Waals surface area contributed by atoms with Gasteiger partial charge >= 0.3 is 0 Å². The van der Waals surface area contributed by atoms with E-state index in [-0.39, 0.29) is 5.41 Å². The summed E-state index contributed by atoms with van der Waals surface area (Å²) in [6.07, 6.45) is 0. The van der Waals surface area contributed by atoms with Crippen LogP contribution in [-0.2, 0) is 5.41 Å².